The summed E-state index contributed by atoms with van der Waals surface area (Å²) in [5, 5.41) is 15.2. The zero-order valence-corrected chi connectivity index (χ0v) is 17.7. The lowest BCUT2D eigenvalue weighted by Crippen LogP contribution is -2.59. The van der Waals surface area contributed by atoms with Gasteiger partial charge in [-0.05, 0) is 54.6 Å². The number of carbonyl (C=O) groups excluding carboxylic acids is 1. The summed E-state index contributed by atoms with van der Waals surface area (Å²) in [4.78, 5) is 16.9. The van der Waals surface area contributed by atoms with Gasteiger partial charge in [0.15, 0.2) is 0 Å². The smallest absolute Gasteiger partial charge is 0.349 e. The molecule has 1 N–H and O–H groups in total. The minimum absolute atomic E-state index is 0.144. The van der Waals surface area contributed by atoms with Crippen LogP contribution in [-0.2, 0) is 15.1 Å². The highest BCUT2D eigenvalue weighted by Crippen LogP contribution is 2.45. The fraction of sp³-hybridized carbons (Fsp3) is 0.571. The summed E-state index contributed by atoms with van der Waals surface area (Å²) in [7, 11) is 2.20. The van der Waals surface area contributed by atoms with Crippen LogP contribution in [0, 0.1) is 5.41 Å². The lowest BCUT2D eigenvalue weighted by atomic mass is 9.68. The highest BCUT2D eigenvalue weighted by atomic mass is 32.1. The number of ether oxygens (including phenoxy) is 1. The molecule has 0 aliphatic carbocycles. The lowest BCUT2D eigenvalue weighted by Gasteiger charge is -2.54. The van der Waals surface area contributed by atoms with Crippen LogP contribution in [0.1, 0.15) is 49.3 Å². The second-order valence-electron chi connectivity index (χ2n) is 8.53. The molecule has 2 aromatic rings. The number of carbonyl (C=O) groups is 1. The van der Waals surface area contributed by atoms with Gasteiger partial charge in [-0.1, -0.05) is 26.0 Å². The summed E-state index contributed by atoms with van der Waals surface area (Å²) >= 11 is 2.77. The molecule has 2 aromatic heterocycles. The van der Waals surface area contributed by atoms with Gasteiger partial charge in [0, 0.05) is 18.5 Å². The number of nitrogens with zero attached hydrogens (tertiary/aromatic N) is 1. The van der Waals surface area contributed by atoms with Crippen molar-refractivity contribution in [2.24, 2.45) is 5.41 Å². The van der Waals surface area contributed by atoms with Crippen molar-refractivity contribution in [1.29, 1.82) is 0 Å². The molecule has 4 rings (SSSR count). The monoisotopic (exact) mass is 405 g/mol. The van der Waals surface area contributed by atoms with Crippen molar-refractivity contribution in [1.82, 2.24) is 4.90 Å². The van der Waals surface area contributed by atoms with Crippen LogP contribution in [0.25, 0.3) is 0 Å². The summed E-state index contributed by atoms with van der Waals surface area (Å²) in [5.41, 5.74) is -1.50. The molecule has 4 heterocycles. The third kappa shape index (κ3) is 3.27. The highest BCUT2D eigenvalue weighted by molar-refractivity contribution is 7.12. The van der Waals surface area contributed by atoms with Crippen molar-refractivity contribution in [2.75, 3.05) is 7.05 Å². The number of piperidine rings is 2. The maximum atomic E-state index is 13.2. The van der Waals surface area contributed by atoms with Crippen LogP contribution < -0.4 is 0 Å². The number of esters is 1. The van der Waals surface area contributed by atoms with E-state index in [4.69, 9.17) is 4.74 Å². The Labute approximate surface area is 168 Å². The summed E-state index contributed by atoms with van der Waals surface area (Å²) in [6.45, 7) is 4.62. The highest BCUT2D eigenvalue weighted by Gasteiger charge is 2.49. The van der Waals surface area contributed by atoms with Gasteiger partial charge in [0.25, 0.3) is 0 Å². The molecule has 0 saturated carbocycles. The van der Waals surface area contributed by atoms with Crippen molar-refractivity contribution in [3.8, 4) is 0 Å². The predicted octanol–water partition coefficient (Wildman–Crippen LogP) is 4.24. The molecule has 2 aliphatic heterocycles. The number of thiophene rings is 2. The third-order valence-electron chi connectivity index (χ3n) is 6.44. The molecule has 0 unspecified atom stereocenters. The lowest BCUT2D eigenvalue weighted by molar-refractivity contribution is -0.175. The van der Waals surface area contributed by atoms with Gasteiger partial charge in [0.1, 0.15) is 6.10 Å². The average Bonchev–Trinajstić information content (AvgIpc) is 3.33. The van der Waals surface area contributed by atoms with E-state index in [1.807, 2.05) is 22.9 Å². The van der Waals surface area contributed by atoms with Gasteiger partial charge in [-0.15, -0.1) is 22.7 Å². The van der Waals surface area contributed by atoms with Crippen LogP contribution in [0.3, 0.4) is 0 Å². The summed E-state index contributed by atoms with van der Waals surface area (Å²) in [6.07, 6.45) is 3.88. The maximum absolute atomic E-state index is 13.2. The van der Waals surface area contributed by atoms with E-state index >= 15 is 0 Å². The first-order chi connectivity index (χ1) is 12.8. The molecule has 2 bridgehead atoms. The number of rotatable bonds is 4. The van der Waals surface area contributed by atoms with Crippen molar-refractivity contribution in [2.45, 2.75) is 63.3 Å². The first kappa shape index (κ1) is 19.1. The largest absolute Gasteiger partial charge is 0.460 e. The van der Waals surface area contributed by atoms with Crippen molar-refractivity contribution in [3.05, 3.63) is 44.8 Å². The molecule has 2 fully saturated rings. The Morgan fingerprint density at radius 1 is 1.22 bits per heavy atom. The Morgan fingerprint density at radius 2 is 1.85 bits per heavy atom. The van der Waals surface area contributed by atoms with Crippen molar-refractivity contribution in [3.63, 3.8) is 0 Å². The Morgan fingerprint density at radius 3 is 2.41 bits per heavy atom. The molecule has 0 amide bonds. The van der Waals surface area contributed by atoms with Gasteiger partial charge in [-0.3, -0.25) is 4.90 Å². The van der Waals surface area contributed by atoms with Gasteiger partial charge in [-0.25, -0.2) is 4.79 Å². The van der Waals surface area contributed by atoms with Gasteiger partial charge in [0.2, 0.25) is 5.60 Å². The van der Waals surface area contributed by atoms with E-state index in [1.54, 1.807) is 12.1 Å². The fourth-order valence-electron chi connectivity index (χ4n) is 4.76. The zero-order chi connectivity index (χ0) is 19.2. The van der Waals surface area contributed by atoms with Crippen LogP contribution in [0.2, 0.25) is 0 Å². The standard InChI is InChI=1S/C21H27NO3S2/c1-20(2)9-8-14-12-15(13-16(20)22(14)3)25-19(23)21(24,17-6-4-10-26-17)18-7-5-11-27-18/h4-7,10-11,14-16,24H,8-9,12-13H2,1-3H3/t14-,15-,16-/m0/s1. The van der Waals surface area contributed by atoms with E-state index in [-0.39, 0.29) is 11.5 Å². The Hall–Kier alpha value is -1.21. The Kier molecular flexibility index (Phi) is 4.95. The van der Waals surface area contributed by atoms with E-state index < -0.39 is 11.6 Å². The molecule has 2 saturated heterocycles. The average molecular weight is 406 g/mol. The SMILES string of the molecule is CN1[C@H]2CCC(C)(C)[C@@H]1C[C@@H](OC(=O)C(O)(c1cccs1)c1cccs1)C2. The quantitative estimate of drug-likeness (QED) is 0.773. The van der Waals surface area contributed by atoms with Crippen LogP contribution in [-0.4, -0.2) is 41.2 Å². The third-order valence-corrected chi connectivity index (χ3v) is 8.39. The molecular weight excluding hydrogens is 378 g/mol. The summed E-state index contributed by atoms with van der Waals surface area (Å²) < 4.78 is 5.98. The van der Waals surface area contributed by atoms with E-state index in [0.717, 1.165) is 19.3 Å². The van der Waals surface area contributed by atoms with Gasteiger partial charge >= 0.3 is 5.97 Å². The normalized spacial score (nSPS) is 28.1. The molecular formula is C21H27NO3S2. The maximum Gasteiger partial charge on any atom is 0.349 e. The topological polar surface area (TPSA) is 49.8 Å². The van der Waals surface area contributed by atoms with Gasteiger partial charge < -0.3 is 9.84 Å². The molecule has 0 aromatic carbocycles. The molecule has 4 nitrogen and oxygen atoms in total. The Bertz CT molecular complexity index is 750. The van der Waals surface area contributed by atoms with E-state index in [2.05, 4.69) is 25.8 Å². The van der Waals surface area contributed by atoms with Gasteiger partial charge in [0.05, 0.1) is 9.75 Å². The number of aliphatic hydroxyl groups is 1. The molecule has 0 spiro atoms. The molecule has 3 atom stereocenters. The van der Waals surface area contributed by atoms with Crippen molar-refractivity contribution < 1.29 is 14.6 Å². The first-order valence-electron chi connectivity index (χ1n) is 9.55. The summed E-state index contributed by atoms with van der Waals surface area (Å²) in [6, 6.07) is 8.17. The zero-order valence-electron chi connectivity index (χ0n) is 16.1. The minimum atomic E-state index is -1.71. The number of hydrogen-bond donors (Lipinski definition) is 1. The minimum Gasteiger partial charge on any atom is -0.460 e. The molecule has 0 radical (unpaired) electrons. The van der Waals surface area contributed by atoms with E-state index in [9.17, 15) is 9.90 Å². The van der Waals surface area contributed by atoms with Crippen LogP contribution in [0.15, 0.2) is 35.0 Å². The second-order valence-corrected chi connectivity index (χ2v) is 10.4. The van der Waals surface area contributed by atoms with Crippen LogP contribution >= 0.6 is 22.7 Å². The second kappa shape index (κ2) is 6.99. The molecule has 27 heavy (non-hydrogen) atoms. The number of fused-ring (bicyclic) bond motifs is 2. The van der Waals surface area contributed by atoms with Crippen LogP contribution in [0.4, 0.5) is 0 Å². The van der Waals surface area contributed by atoms with Crippen molar-refractivity contribution >= 4 is 28.6 Å². The van der Waals surface area contributed by atoms with E-state index in [0.29, 0.717) is 21.8 Å². The fourth-order valence-corrected chi connectivity index (χ4v) is 6.47. The molecule has 2 aliphatic rings. The van der Waals surface area contributed by atoms with Crippen LogP contribution in [0.5, 0.6) is 0 Å². The van der Waals surface area contributed by atoms with Gasteiger partial charge in [-0.2, -0.15) is 0 Å². The predicted molar refractivity (Wildman–Crippen MR) is 109 cm³/mol. The molecule has 6 heteroatoms. The number of hydrogen-bond acceptors (Lipinski definition) is 6. The first-order valence-corrected chi connectivity index (χ1v) is 11.3. The molecule has 146 valence electrons. The summed E-state index contributed by atoms with van der Waals surface area (Å²) in [5.74, 6) is -0.544. The Balaban J connectivity index is 1.58. The van der Waals surface area contributed by atoms with E-state index in [1.165, 1.54) is 29.1 Å².